The summed E-state index contributed by atoms with van der Waals surface area (Å²) in [5, 5.41) is 3.62. The SMILES string of the molecule is CNc1nc(N)c(C(=O)N2CCCCCC2C)s1. The van der Waals surface area contributed by atoms with Crippen molar-refractivity contribution < 1.29 is 4.79 Å². The van der Waals surface area contributed by atoms with E-state index < -0.39 is 0 Å². The number of likely N-dealkylation sites (tertiary alicyclic amines) is 1. The Morgan fingerprint density at radius 3 is 2.94 bits per heavy atom. The standard InChI is InChI=1S/C12H20N4OS/c1-8-6-4-3-5-7-16(8)11(17)9-10(13)15-12(14-2)18-9/h8H,3-7,13H2,1-2H3,(H,14,15). The Kier molecular flexibility index (Phi) is 4.06. The minimum Gasteiger partial charge on any atom is -0.382 e. The highest BCUT2D eigenvalue weighted by Crippen LogP contribution is 2.28. The number of nitrogens with zero attached hydrogens (tertiary/aromatic N) is 2. The summed E-state index contributed by atoms with van der Waals surface area (Å²) in [7, 11) is 1.78. The van der Waals surface area contributed by atoms with E-state index in [-0.39, 0.29) is 5.91 Å². The summed E-state index contributed by atoms with van der Waals surface area (Å²) in [5.41, 5.74) is 5.82. The fourth-order valence-corrected chi connectivity index (χ4v) is 3.09. The van der Waals surface area contributed by atoms with Crippen molar-refractivity contribution in [2.75, 3.05) is 24.6 Å². The van der Waals surface area contributed by atoms with E-state index >= 15 is 0 Å². The summed E-state index contributed by atoms with van der Waals surface area (Å²) in [6.45, 7) is 2.94. The van der Waals surface area contributed by atoms with E-state index in [2.05, 4.69) is 17.2 Å². The van der Waals surface area contributed by atoms with Crippen LogP contribution in [0.5, 0.6) is 0 Å². The Morgan fingerprint density at radius 1 is 1.50 bits per heavy atom. The van der Waals surface area contributed by atoms with Gasteiger partial charge in [0.15, 0.2) is 5.13 Å². The Hall–Kier alpha value is -1.30. The second-order valence-electron chi connectivity index (χ2n) is 4.68. The molecule has 1 unspecified atom stereocenters. The molecule has 18 heavy (non-hydrogen) atoms. The van der Waals surface area contributed by atoms with Crippen LogP contribution in [0.3, 0.4) is 0 Å². The first kappa shape index (κ1) is 13.1. The molecule has 6 heteroatoms. The zero-order chi connectivity index (χ0) is 13.1. The number of rotatable bonds is 2. The lowest BCUT2D eigenvalue weighted by atomic mass is 10.1. The number of carbonyl (C=O) groups excluding carboxylic acids is 1. The molecular weight excluding hydrogens is 248 g/mol. The summed E-state index contributed by atoms with van der Waals surface area (Å²) in [6, 6.07) is 0.291. The number of hydrogen-bond donors (Lipinski definition) is 2. The Morgan fingerprint density at radius 2 is 2.28 bits per heavy atom. The molecule has 0 spiro atoms. The van der Waals surface area contributed by atoms with E-state index in [1.54, 1.807) is 7.05 Å². The summed E-state index contributed by atoms with van der Waals surface area (Å²) in [5.74, 6) is 0.367. The molecule has 1 amide bonds. The Balaban J connectivity index is 2.20. The van der Waals surface area contributed by atoms with Crippen molar-refractivity contribution in [3.8, 4) is 0 Å². The summed E-state index contributed by atoms with van der Waals surface area (Å²) in [6.07, 6.45) is 4.55. The third-order valence-corrected chi connectivity index (χ3v) is 4.45. The van der Waals surface area contributed by atoms with Crippen molar-refractivity contribution in [2.45, 2.75) is 38.6 Å². The van der Waals surface area contributed by atoms with Crippen LogP contribution in [0.1, 0.15) is 42.3 Å². The number of anilines is 2. The highest BCUT2D eigenvalue weighted by atomic mass is 32.1. The van der Waals surface area contributed by atoms with E-state index in [1.165, 1.54) is 24.2 Å². The van der Waals surface area contributed by atoms with Gasteiger partial charge in [-0.1, -0.05) is 24.2 Å². The van der Waals surface area contributed by atoms with E-state index in [4.69, 9.17) is 5.73 Å². The highest BCUT2D eigenvalue weighted by Gasteiger charge is 2.26. The Bertz CT molecular complexity index is 432. The lowest BCUT2D eigenvalue weighted by molar-refractivity contribution is 0.0703. The van der Waals surface area contributed by atoms with E-state index in [1.807, 2.05) is 4.90 Å². The van der Waals surface area contributed by atoms with Gasteiger partial charge in [-0.2, -0.15) is 0 Å². The minimum atomic E-state index is 0.0286. The maximum atomic E-state index is 12.5. The van der Waals surface area contributed by atoms with Crippen molar-refractivity contribution in [3.63, 3.8) is 0 Å². The number of aromatic nitrogens is 1. The first-order valence-corrected chi connectivity index (χ1v) is 7.20. The van der Waals surface area contributed by atoms with Gasteiger partial charge in [-0.3, -0.25) is 4.79 Å². The topological polar surface area (TPSA) is 71.2 Å². The lowest BCUT2D eigenvalue weighted by Crippen LogP contribution is -2.38. The van der Waals surface area contributed by atoms with Gasteiger partial charge in [0.05, 0.1) is 0 Å². The van der Waals surface area contributed by atoms with Gasteiger partial charge in [-0.25, -0.2) is 4.98 Å². The summed E-state index contributed by atoms with van der Waals surface area (Å²) < 4.78 is 0. The zero-order valence-electron chi connectivity index (χ0n) is 10.9. The van der Waals surface area contributed by atoms with Crippen LogP contribution in [0.4, 0.5) is 10.9 Å². The first-order chi connectivity index (χ1) is 8.63. The van der Waals surface area contributed by atoms with Crippen LogP contribution in [-0.4, -0.2) is 35.4 Å². The maximum Gasteiger partial charge on any atom is 0.268 e. The quantitative estimate of drug-likeness (QED) is 0.862. The molecule has 3 N–H and O–H groups in total. The van der Waals surface area contributed by atoms with E-state index in [0.717, 1.165) is 19.4 Å². The van der Waals surface area contributed by atoms with Crippen LogP contribution in [0.25, 0.3) is 0 Å². The van der Waals surface area contributed by atoms with Crippen molar-refractivity contribution in [2.24, 2.45) is 0 Å². The molecule has 1 atom stereocenters. The molecule has 0 aliphatic carbocycles. The van der Waals surface area contributed by atoms with Crippen molar-refractivity contribution in [1.82, 2.24) is 9.88 Å². The molecule has 1 aromatic heterocycles. The normalized spacial score (nSPS) is 20.6. The molecule has 0 radical (unpaired) electrons. The zero-order valence-corrected chi connectivity index (χ0v) is 11.7. The smallest absolute Gasteiger partial charge is 0.268 e. The van der Waals surface area contributed by atoms with Gasteiger partial charge in [0, 0.05) is 19.6 Å². The van der Waals surface area contributed by atoms with Crippen molar-refractivity contribution >= 4 is 28.2 Å². The molecule has 5 nitrogen and oxygen atoms in total. The highest BCUT2D eigenvalue weighted by molar-refractivity contribution is 7.18. The molecule has 1 fully saturated rings. The average Bonchev–Trinajstić information content (AvgIpc) is 2.60. The molecule has 2 rings (SSSR count). The predicted molar refractivity (Wildman–Crippen MR) is 75.0 cm³/mol. The molecule has 0 aromatic carbocycles. The largest absolute Gasteiger partial charge is 0.382 e. The van der Waals surface area contributed by atoms with Crippen molar-refractivity contribution in [3.05, 3.63) is 4.88 Å². The number of nitrogens with two attached hydrogens (primary N) is 1. The van der Waals surface area contributed by atoms with Crippen LogP contribution in [0.15, 0.2) is 0 Å². The second-order valence-corrected chi connectivity index (χ2v) is 5.68. The van der Waals surface area contributed by atoms with Crippen LogP contribution in [0, 0.1) is 0 Å². The van der Waals surface area contributed by atoms with E-state index in [0.29, 0.717) is 21.9 Å². The molecule has 2 heterocycles. The monoisotopic (exact) mass is 268 g/mol. The third-order valence-electron chi connectivity index (χ3n) is 3.38. The fraction of sp³-hybridized carbons (Fsp3) is 0.667. The van der Waals surface area contributed by atoms with Gasteiger partial charge >= 0.3 is 0 Å². The first-order valence-electron chi connectivity index (χ1n) is 6.38. The molecular formula is C12H20N4OS. The van der Waals surface area contributed by atoms with Gasteiger partial charge in [-0.15, -0.1) is 0 Å². The molecule has 1 aliphatic rings. The lowest BCUT2D eigenvalue weighted by Gasteiger charge is -2.26. The number of nitrogen functional groups attached to an aromatic ring is 1. The molecule has 1 saturated heterocycles. The van der Waals surface area contributed by atoms with Gasteiger partial charge in [0.2, 0.25) is 0 Å². The van der Waals surface area contributed by atoms with Gasteiger partial charge in [0.25, 0.3) is 5.91 Å². The van der Waals surface area contributed by atoms with Crippen LogP contribution >= 0.6 is 11.3 Å². The Labute approximate surface area is 111 Å². The average molecular weight is 268 g/mol. The van der Waals surface area contributed by atoms with Gasteiger partial charge < -0.3 is 16.0 Å². The van der Waals surface area contributed by atoms with Crippen LogP contribution < -0.4 is 11.1 Å². The van der Waals surface area contributed by atoms with Crippen LogP contribution in [0.2, 0.25) is 0 Å². The van der Waals surface area contributed by atoms with Gasteiger partial charge in [-0.05, 0) is 19.8 Å². The number of thiazole rings is 1. The summed E-state index contributed by atoms with van der Waals surface area (Å²) >= 11 is 1.33. The molecule has 0 saturated carbocycles. The molecule has 100 valence electrons. The van der Waals surface area contributed by atoms with Gasteiger partial charge in [0.1, 0.15) is 10.7 Å². The molecule has 0 bridgehead atoms. The number of hydrogen-bond acceptors (Lipinski definition) is 5. The third kappa shape index (κ3) is 2.58. The second kappa shape index (κ2) is 5.56. The number of nitrogens with one attached hydrogen (secondary N) is 1. The summed E-state index contributed by atoms with van der Waals surface area (Å²) in [4.78, 5) is 19.1. The van der Waals surface area contributed by atoms with Crippen LogP contribution in [-0.2, 0) is 0 Å². The fourth-order valence-electron chi connectivity index (χ4n) is 2.30. The molecule has 1 aromatic rings. The van der Waals surface area contributed by atoms with E-state index in [9.17, 15) is 4.79 Å². The maximum absolute atomic E-state index is 12.5. The van der Waals surface area contributed by atoms with Crippen molar-refractivity contribution in [1.29, 1.82) is 0 Å². The molecule has 1 aliphatic heterocycles. The minimum absolute atomic E-state index is 0.0286. The number of amides is 1. The predicted octanol–water partition coefficient (Wildman–Crippen LogP) is 2.17. The number of carbonyl (C=O) groups is 1.